The molecule has 8 heteroatoms. The topological polar surface area (TPSA) is 139 Å². The van der Waals surface area contributed by atoms with Crippen molar-refractivity contribution >= 4 is 11.7 Å². The summed E-state index contributed by atoms with van der Waals surface area (Å²) in [4.78, 5) is 10.9. The maximum atomic E-state index is 10.9. The Morgan fingerprint density at radius 1 is 1.12 bits per heavy atom. The van der Waals surface area contributed by atoms with E-state index in [-0.39, 0.29) is 12.8 Å². The second-order valence-electron chi connectivity index (χ2n) is 6.23. The first kappa shape index (κ1) is 19.6. The zero-order chi connectivity index (χ0) is 18.4. The van der Waals surface area contributed by atoms with Crippen LogP contribution in [0.15, 0.2) is 30.3 Å². The Morgan fingerprint density at radius 3 is 2.40 bits per heavy atom. The molecule has 1 saturated heterocycles. The monoisotopic (exact) mass is 355 g/mol. The van der Waals surface area contributed by atoms with Crippen molar-refractivity contribution in [2.24, 2.45) is 5.92 Å². The highest BCUT2D eigenvalue weighted by Crippen LogP contribution is 2.28. The lowest BCUT2D eigenvalue weighted by Crippen LogP contribution is -2.60. The molecule has 0 aliphatic carbocycles. The van der Waals surface area contributed by atoms with Gasteiger partial charge in [0.1, 0.15) is 24.4 Å². The number of aliphatic hydroxyl groups excluding tert-OH is 4. The molecule has 6 N–H and O–H groups in total. The van der Waals surface area contributed by atoms with Crippen LogP contribution >= 0.6 is 0 Å². The Hall–Kier alpha value is -1.71. The first-order valence-corrected chi connectivity index (χ1v) is 8.25. The summed E-state index contributed by atoms with van der Waals surface area (Å²) in [6.45, 7) is -0.209. The third kappa shape index (κ3) is 5.13. The zero-order valence-corrected chi connectivity index (χ0v) is 13.7. The average Bonchev–Trinajstić information content (AvgIpc) is 2.61. The molecule has 0 aromatic heterocycles. The maximum absolute atomic E-state index is 10.9. The lowest BCUT2D eigenvalue weighted by Gasteiger charge is -2.43. The lowest BCUT2D eigenvalue weighted by molar-refractivity contribution is -0.240. The fourth-order valence-electron chi connectivity index (χ4n) is 3.02. The van der Waals surface area contributed by atoms with Crippen LogP contribution in [0.3, 0.4) is 0 Å². The summed E-state index contributed by atoms with van der Waals surface area (Å²) in [6, 6.07) is 9.26. The smallest absolute Gasteiger partial charge is 0.303 e. The summed E-state index contributed by atoms with van der Waals surface area (Å²) in [7, 11) is 0. The number of hydrogen-bond donors (Lipinski definition) is 6. The fraction of sp³-hybridized carbons (Fsp3) is 0.588. The Morgan fingerprint density at radius 2 is 1.80 bits per heavy atom. The Bertz CT molecular complexity index is 539. The van der Waals surface area contributed by atoms with E-state index in [1.165, 1.54) is 0 Å². The molecule has 0 radical (unpaired) electrons. The van der Waals surface area contributed by atoms with Crippen molar-refractivity contribution in [2.75, 3.05) is 18.5 Å². The molecule has 25 heavy (non-hydrogen) atoms. The number of nitrogens with one attached hydrogen (secondary N) is 1. The molecule has 1 aliphatic rings. The summed E-state index contributed by atoms with van der Waals surface area (Å²) in [5.41, 5.74) is 0.826. The lowest BCUT2D eigenvalue weighted by atomic mass is 9.85. The molecule has 0 amide bonds. The number of hydrogen-bond acceptors (Lipinski definition) is 7. The number of ether oxygens (including phenoxy) is 1. The van der Waals surface area contributed by atoms with Gasteiger partial charge in [-0.05, 0) is 18.6 Å². The van der Waals surface area contributed by atoms with Gasteiger partial charge in [-0.1, -0.05) is 18.2 Å². The van der Waals surface area contributed by atoms with Gasteiger partial charge in [0.2, 0.25) is 0 Å². The van der Waals surface area contributed by atoms with Crippen LogP contribution in [0.5, 0.6) is 0 Å². The number of carboxylic acids is 1. The van der Waals surface area contributed by atoms with Crippen LogP contribution in [0.25, 0.3) is 0 Å². The van der Waals surface area contributed by atoms with Crippen molar-refractivity contribution in [3.8, 4) is 0 Å². The minimum absolute atomic E-state index is 0.129. The first-order chi connectivity index (χ1) is 11.9. The molecule has 1 aromatic carbocycles. The van der Waals surface area contributed by atoms with Crippen LogP contribution in [0.2, 0.25) is 0 Å². The van der Waals surface area contributed by atoms with Crippen LogP contribution in [-0.4, -0.2) is 75.2 Å². The SMILES string of the molecule is O=C(O)CCC(CNc1ccccc1)[C@@H]1O[C@H](CO)[C@@H](O)[C@H](O)[C@H]1O. The van der Waals surface area contributed by atoms with Gasteiger partial charge in [0.25, 0.3) is 0 Å². The van der Waals surface area contributed by atoms with E-state index >= 15 is 0 Å². The van der Waals surface area contributed by atoms with Gasteiger partial charge in [-0.3, -0.25) is 4.79 Å². The number of aliphatic carboxylic acids is 1. The van der Waals surface area contributed by atoms with Crippen LogP contribution in [0.1, 0.15) is 12.8 Å². The molecule has 2 rings (SSSR count). The number of carboxylic acid groups (broad SMARTS) is 1. The molecule has 0 spiro atoms. The van der Waals surface area contributed by atoms with Gasteiger partial charge in [-0.15, -0.1) is 0 Å². The number of para-hydroxylation sites is 1. The van der Waals surface area contributed by atoms with Crippen LogP contribution in [0, 0.1) is 5.92 Å². The summed E-state index contributed by atoms with van der Waals surface area (Å²) in [6.07, 6.45) is -6.13. The second-order valence-corrected chi connectivity index (χ2v) is 6.23. The number of aliphatic hydroxyl groups is 4. The highest BCUT2D eigenvalue weighted by Gasteiger charge is 2.46. The van der Waals surface area contributed by atoms with Crippen molar-refractivity contribution in [3.63, 3.8) is 0 Å². The van der Waals surface area contributed by atoms with E-state index in [4.69, 9.17) is 9.84 Å². The fourth-order valence-corrected chi connectivity index (χ4v) is 3.02. The van der Waals surface area contributed by atoms with Crippen molar-refractivity contribution in [1.29, 1.82) is 0 Å². The number of carbonyl (C=O) groups is 1. The van der Waals surface area contributed by atoms with E-state index in [2.05, 4.69) is 5.32 Å². The molecule has 140 valence electrons. The molecule has 1 heterocycles. The van der Waals surface area contributed by atoms with Gasteiger partial charge in [-0.25, -0.2) is 0 Å². The molecule has 8 nitrogen and oxygen atoms in total. The minimum atomic E-state index is -1.47. The molecular weight excluding hydrogens is 330 g/mol. The largest absolute Gasteiger partial charge is 0.481 e. The van der Waals surface area contributed by atoms with E-state index in [0.29, 0.717) is 6.54 Å². The van der Waals surface area contributed by atoms with Gasteiger partial charge in [0, 0.05) is 24.6 Å². The predicted octanol–water partition coefficient (Wildman–Crippen LogP) is -0.578. The van der Waals surface area contributed by atoms with E-state index in [0.717, 1.165) is 5.69 Å². The van der Waals surface area contributed by atoms with Gasteiger partial charge in [0.15, 0.2) is 0 Å². The maximum Gasteiger partial charge on any atom is 0.303 e. The first-order valence-electron chi connectivity index (χ1n) is 8.25. The minimum Gasteiger partial charge on any atom is -0.481 e. The molecule has 1 aliphatic heterocycles. The number of benzene rings is 1. The van der Waals surface area contributed by atoms with E-state index in [1.54, 1.807) is 0 Å². The summed E-state index contributed by atoms with van der Waals surface area (Å²) < 4.78 is 5.57. The van der Waals surface area contributed by atoms with Crippen LogP contribution in [-0.2, 0) is 9.53 Å². The van der Waals surface area contributed by atoms with Crippen molar-refractivity contribution in [2.45, 2.75) is 43.4 Å². The number of rotatable bonds is 8. The predicted molar refractivity (Wildman–Crippen MR) is 89.1 cm³/mol. The quantitative estimate of drug-likeness (QED) is 0.364. The van der Waals surface area contributed by atoms with Crippen molar-refractivity contribution < 1.29 is 35.1 Å². The molecule has 1 fully saturated rings. The summed E-state index contributed by atoms with van der Waals surface area (Å²) in [5.74, 6) is -1.42. The molecule has 0 bridgehead atoms. The van der Waals surface area contributed by atoms with Gasteiger partial charge >= 0.3 is 5.97 Å². The highest BCUT2D eigenvalue weighted by atomic mass is 16.5. The third-order valence-corrected chi connectivity index (χ3v) is 4.46. The molecular formula is C17H25NO7. The van der Waals surface area contributed by atoms with Gasteiger partial charge < -0.3 is 35.6 Å². The average molecular weight is 355 g/mol. The second kappa shape index (κ2) is 9.12. The van der Waals surface area contributed by atoms with Crippen molar-refractivity contribution in [1.82, 2.24) is 0 Å². The van der Waals surface area contributed by atoms with E-state index in [9.17, 15) is 25.2 Å². The number of anilines is 1. The molecule has 0 saturated carbocycles. The standard InChI is InChI=1S/C17H25NO7/c19-9-12-14(22)15(23)16(24)17(25-12)10(6-7-13(20)21)8-18-11-4-2-1-3-5-11/h1-5,10,12,14-19,22-24H,6-9H2,(H,20,21)/t10?,12-,14-,15+,16-,17+/m1/s1. The third-order valence-electron chi connectivity index (χ3n) is 4.46. The Kier molecular flexibility index (Phi) is 7.15. The van der Waals surface area contributed by atoms with Crippen LogP contribution < -0.4 is 5.32 Å². The van der Waals surface area contributed by atoms with Gasteiger partial charge in [-0.2, -0.15) is 0 Å². The Labute approximate surface area is 145 Å². The highest BCUT2D eigenvalue weighted by molar-refractivity contribution is 5.66. The normalized spacial score (nSPS) is 30.6. The molecule has 1 aromatic rings. The van der Waals surface area contributed by atoms with E-state index < -0.39 is 49.0 Å². The summed E-state index contributed by atoms with van der Waals surface area (Å²) in [5, 5.41) is 51.5. The van der Waals surface area contributed by atoms with Crippen LogP contribution in [0.4, 0.5) is 5.69 Å². The Balaban J connectivity index is 2.10. The zero-order valence-electron chi connectivity index (χ0n) is 13.7. The molecule has 1 unspecified atom stereocenters. The van der Waals surface area contributed by atoms with Gasteiger partial charge in [0.05, 0.1) is 12.7 Å². The molecule has 6 atom stereocenters. The van der Waals surface area contributed by atoms with E-state index in [1.807, 2.05) is 30.3 Å². The van der Waals surface area contributed by atoms with Crippen molar-refractivity contribution in [3.05, 3.63) is 30.3 Å². The summed E-state index contributed by atoms with van der Waals surface area (Å²) >= 11 is 0.